The molecule has 1 aliphatic heterocycles. The summed E-state index contributed by atoms with van der Waals surface area (Å²) in [5.74, 6) is -0.00407. The molecular weight excluding hydrogens is 309 g/mol. The van der Waals surface area contributed by atoms with Crippen LogP contribution >= 0.6 is 0 Å². The van der Waals surface area contributed by atoms with Crippen molar-refractivity contribution in [3.05, 3.63) is 60.4 Å². The normalized spacial score (nSPS) is 15.0. The number of carbonyl (C=O) groups is 1. The fraction of sp³-hybridized carbons (Fsp3) is 0.222. The minimum atomic E-state index is -0.291. The molecule has 1 aromatic carbocycles. The van der Waals surface area contributed by atoms with Crippen molar-refractivity contribution in [1.29, 1.82) is 0 Å². The zero-order valence-electron chi connectivity index (χ0n) is 13.0. The molecule has 0 aliphatic carbocycles. The number of hydrogen-bond acceptors (Lipinski definition) is 4. The molecule has 6 heteroatoms. The highest BCUT2D eigenvalue weighted by Crippen LogP contribution is 2.27. The summed E-state index contributed by atoms with van der Waals surface area (Å²) in [4.78, 5) is 20.5. The maximum absolute atomic E-state index is 13.4. The van der Waals surface area contributed by atoms with Crippen LogP contribution in [0, 0.1) is 5.82 Å². The molecule has 3 aromatic rings. The average Bonchev–Trinajstić information content (AvgIpc) is 3.15. The topological polar surface area (TPSA) is 49.6 Å². The molecule has 2 aromatic heterocycles. The largest absolute Gasteiger partial charge is 0.459 e. The van der Waals surface area contributed by atoms with Crippen molar-refractivity contribution in [2.45, 2.75) is 0 Å². The van der Waals surface area contributed by atoms with E-state index >= 15 is 0 Å². The Morgan fingerprint density at radius 1 is 1.12 bits per heavy atom. The summed E-state index contributed by atoms with van der Waals surface area (Å²) in [6.07, 6.45) is 3.20. The van der Waals surface area contributed by atoms with Crippen LogP contribution in [0.4, 0.5) is 10.1 Å². The van der Waals surface area contributed by atoms with Crippen LogP contribution in [-0.4, -0.2) is 42.0 Å². The number of hydrogen-bond donors (Lipinski definition) is 0. The molecule has 0 spiro atoms. The van der Waals surface area contributed by atoms with E-state index in [-0.39, 0.29) is 11.7 Å². The maximum atomic E-state index is 13.4. The molecule has 0 saturated carbocycles. The van der Waals surface area contributed by atoms with Gasteiger partial charge in [-0.05, 0) is 30.3 Å². The Balaban J connectivity index is 1.53. The van der Waals surface area contributed by atoms with Gasteiger partial charge in [-0.1, -0.05) is 0 Å². The second-order valence-electron chi connectivity index (χ2n) is 5.75. The highest BCUT2D eigenvalue weighted by molar-refractivity contribution is 5.93. The summed E-state index contributed by atoms with van der Waals surface area (Å²) >= 11 is 0. The summed E-state index contributed by atoms with van der Waals surface area (Å²) in [6, 6.07) is 9.97. The lowest BCUT2D eigenvalue weighted by Crippen LogP contribution is -2.48. The molecular formula is C18H16FN3O2. The Hall–Kier alpha value is -2.89. The molecule has 5 nitrogen and oxygen atoms in total. The van der Waals surface area contributed by atoms with E-state index in [1.807, 2.05) is 6.07 Å². The number of furan rings is 1. The Morgan fingerprint density at radius 2 is 1.96 bits per heavy atom. The van der Waals surface area contributed by atoms with Gasteiger partial charge in [-0.25, -0.2) is 4.39 Å². The van der Waals surface area contributed by atoms with Crippen LogP contribution < -0.4 is 4.90 Å². The Kier molecular flexibility index (Phi) is 3.65. The lowest BCUT2D eigenvalue weighted by atomic mass is 10.1. The Morgan fingerprint density at radius 3 is 2.71 bits per heavy atom. The first-order valence-corrected chi connectivity index (χ1v) is 7.84. The van der Waals surface area contributed by atoms with E-state index in [0.29, 0.717) is 37.5 Å². The molecule has 1 fully saturated rings. The van der Waals surface area contributed by atoms with Gasteiger partial charge in [0.05, 0.1) is 11.8 Å². The molecule has 1 aliphatic rings. The van der Waals surface area contributed by atoms with Crippen LogP contribution in [0.15, 0.2) is 53.3 Å². The third-order valence-electron chi connectivity index (χ3n) is 4.32. The number of nitrogens with zero attached hydrogens (tertiary/aromatic N) is 3. The van der Waals surface area contributed by atoms with E-state index in [1.165, 1.54) is 18.4 Å². The zero-order valence-corrected chi connectivity index (χ0v) is 13.0. The lowest BCUT2D eigenvalue weighted by Gasteiger charge is -2.36. The second kappa shape index (κ2) is 5.96. The molecule has 24 heavy (non-hydrogen) atoms. The van der Waals surface area contributed by atoms with Gasteiger partial charge in [0.15, 0.2) is 5.76 Å². The monoisotopic (exact) mass is 325 g/mol. The number of pyridine rings is 1. The minimum absolute atomic E-state index is 0.0821. The molecule has 122 valence electrons. The van der Waals surface area contributed by atoms with Crippen LogP contribution in [0.1, 0.15) is 10.6 Å². The fourth-order valence-corrected chi connectivity index (χ4v) is 3.09. The zero-order chi connectivity index (χ0) is 16.5. The molecule has 3 heterocycles. The van der Waals surface area contributed by atoms with Crippen molar-refractivity contribution in [3.8, 4) is 0 Å². The SMILES string of the molecule is O=C(c1ccco1)N1CCN(c2ccnc3cc(F)ccc23)CC1. The summed E-state index contributed by atoms with van der Waals surface area (Å²) in [7, 11) is 0. The highest BCUT2D eigenvalue weighted by Gasteiger charge is 2.24. The molecule has 0 radical (unpaired) electrons. The van der Waals surface area contributed by atoms with E-state index in [1.54, 1.807) is 29.3 Å². The van der Waals surface area contributed by atoms with Crippen LogP contribution in [0.3, 0.4) is 0 Å². The molecule has 0 bridgehead atoms. The first-order chi connectivity index (χ1) is 11.7. The van der Waals surface area contributed by atoms with Gasteiger partial charge < -0.3 is 14.2 Å². The third kappa shape index (κ3) is 2.60. The van der Waals surface area contributed by atoms with E-state index in [2.05, 4.69) is 9.88 Å². The van der Waals surface area contributed by atoms with Crippen molar-refractivity contribution >= 4 is 22.5 Å². The van der Waals surface area contributed by atoms with Gasteiger partial charge in [-0.2, -0.15) is 0 Å². The predicted molar refractivity (Wildman–Crippen MR) is 88.5 cm³/mol. The molecule has 1 saturated heterocycles. The van der Waals surface area contributed by atoms with Crippen molar-refractivity contribution in [2.24, 2.45) is 0 Å². The predicted octanol–water partition coefficient (Wildman–Crippen LogP) is 2.93. The van der Waals surface area contributed by atoms with Crippen LogP contribution in [0.25, 0.3) is 10.9 Å². The Labute approximate surface area is 138 Å². The Bertz CT molecular complexity index is 871. The van der Waals surface area contributed by atoms with Crippen LogP contribution in [-0.2, 0) is 0 Å². The van der Waals surface area contributed by atoms with Crippen molar-refractivity contribution in [3.63, 3.8) is 0 Å². The van der Waals surface area contributed by atoms with Gasteiger partial charge in [0.25, 0.3) is 5.91 Å². The quantitative estimate of drug-likeness (QED) is 0.727. The number of amides is 1. The van der Waals surface area contributed by atoms with Gasteiger partial charge in [0.2, 0.25) is 0 Å². The van der Waals surface area contributed by atoms with Crippen LogP contribution in [0.5, 0.6) is 0 Å². The number of anilines is 1. The minimum Gasteiger partial charge on any atom is -0.459 e. The first-order valence-electron chi connectivity index (χ1n) is 7.84. The van der Waals surface area contributed by atoms with E-state index in [4.69, 9.17) is 4.42 Å². The molecule has 1 amide bonds. The number of carbonyl (C=O) groups excluding carboxylic acids is 1. The van der Waals surface area contributed by atoms with Crippen molar-refractivity contribution in [1.82, 2.24) is 9.88 Å². The van der Waals surface area contributed by atoms with Crippen molar-refractivity contribution in [2.75, 3.05) is 31.1 Å². The van der Waals surface area contributed by atoms with Gasteiger partial charge in [-0.3, -0.25) is 9.78 Å². The molecule has 0 N–H and O–H groups in total. The number of fused-ring (bicyclic) bond motifs is 1. The summed E-state index contributed by atoms with van der Waals surface area (Å²) in [5.41, 5.74) is 1.66. The van der Waals surface area contributed by atoms with Gasteiger partial charge in [0.1, 0.15) is 5.82 Å². The molecule has 0 atom stereocenters. The number of benzene rings is 1. The number of halogens is 1. The van der Waals surface area contributed by atoms with Crippen LogP contribution in [0.2, 0.25) is 0 Å². The standard InChI is InChI=1S/C18H16FN3O2/c19-13-3-4-14-15(12-13)20-6-5-16(14)21-7-9-22(10-8-21)18(23)17-2-1-11-24-17/h1-6,11-12H,7-10H2. The van der Waals surface area contributed by atoms with Gasteiger partial charge in [-0.15, -0.1) is 0 Å². The lowest BCUT2D eigenvalue weighted by molar-refractivity contribution is 0.0715. The fourth-order valence-electron chi connectivity index (χ4n) is 3.09. The number of aromatic nitrogens is 1. The van der Waals surface area contributed by atoms with E-state index < -0.39 is 0 Å². The molecule has 4 rings (SSSR count). The second-order valence-corrected chi connectivity index (χ2v) is 5.75. The smallest absolute Gasteiger partial charge is 0.289 e. The van der Waals surface area contributed by atoms with E-state index in [0.717, 1.165) is 11.1 Å². The summed E-state index contributed by atoms with van der Waals surface area (Å²) in [5, 5.41) is 0.921. The highest BCUT2D eigenvalue weighted by atomic mass is 19.1. The van der Waals surface area contributed by atoms with Gasteiger partial charge in [0, 0.05) is 49.5 Å². The summed E-state index contributed by atoms with van der Waals surface area (Å²) in [6.45, 7) is 2.65. The van der Waals surface area contributed by atoms with E-state index in [9.17, 15) is 9.18 Å². The maximum Gasteiger partial charge on any atom is 0.289 e. The molecule has 0 unspecified atom stereocenters. The summed E-state index contributed by atoms with van der Waals surface area (Å²) < 4.78 is 18.6. The third-order valence-corrected chi connectivity index (χ3v) is 4.32. The van der Waals surface area contributed by atoms with Crippen molar-refractivity contribution < 1.29 is 13.6 Å². The number of piperazine rings is 1. The van der Waals surface area contributed by atoms with Gasteiger partial charge >= 0.3 is 0 Å². The number of rotatable bonds is 2. The first kappa shape index (κ1) is 14.7. The average molecular weight is 325 g/mol.